The van der Waals surface area contributed by atoms with E-state index < -0.39 is 15.8 Å². The Hall–Kier alpha value is -2.98. The van der Waals surface area contributed by atoms with Crippen molar-refractivity contribution in [1.82, 2.24) is 9.82 Å². The minimum atomic E-state index is -3.99. The van der Waals surface area contributed by atoms with Crippen molar-refractivity contribution in [2.75, 3.05) is 6.61 Å². The summed E-state index contributed by atoms with van der Waals surface area (Å²) in [5.74, 6) is -0.736. The number of rotatable bonds is 6. The third-order valence-electron chi connectivity index (χ3n) is 3.44. The quantitative estimate of drug-likeness (QED) is 0.420. The Labute approximate surface area is 158 Å². The lowest BCUT2D eigenvalue weighted by Crippen LogP contribution is -2.18. The van der Waals surface area contributed by atoms with Crippen molar-refractivity contribution in [2.45, 2.75) is 11.8 Å². The molecule has 142 valence electrons. The van der Waals surface area contributed by atoms with E-state index in [1.807, 2.05) is 4.83 Å². The fraction of sp³-hybridized carbons (Fsp3) is 0.125. The second kappa shape index (κ2) is 7.33. The lowest BCUT2D eigenvalue weighted by atomic mass is 10.2. The molecular weight excluding hydrogens is 398 g/mol. The zero-order valence-corrected chi connectivity index (χ0v) is 15.5. The molecule has 0 saturated heterocycles. The molecule has 9 nitrogen and oxygen atoms in total. The SMILES string of the molecule is CCOc1cc(/C=N/NS(=O)(=O)c2ccc3[nH]c(=O)oc3c2)cc(Cl)c1O. The van der Waals surface area contributed by atoms with Gasteiger partial charge in [-0.25, -0.2) is 9.63 Å². The van der Waals surface area contributed by atoms with Crippen LogP contribution in [0.5, 0.6) is 11.5 Å². The number of aromatic nitrogens is 1. The zero-order valence-electron chi connectivity index (χ0n) is 13.9. The predicted octanol–water partition coefficient (Wildman–Crippen LogP) is 2.19. The van der Waals surface area contributed by atoms with Gasteiger partial charge in [-0.3, -0.25) is 4.98 Å². The summed E-state index contributed by atoms with van der Waals surface area (Å²) >= 11 is 5.91. The summed E-state index contributed by atoms with van der Waals surface area (Å²) in [4.78, 5) is 15.5. The Morgan fingerprint density at radius 1 is 1.37 bits per heavy atom. The number of hydrogen-bond acceptors (Lipinski definition) is 7. The van der Waals surface area contributed by atoms with Gasteiger partial charge >= 0.3 is 5.76 Å². The molecule has 0 atom stereocenters. The van der Waals surface area contributed by atoms with Crippen LogP contribution in [0.1, 0.15) is 12.5 Å². The highest BCUT2D eigenvalue weighted by Crippen LogP contribution is 2.34. The van der Waals surface area contributed by atoms with E-state index >= 15 is 0 Å². The maximum Gasteiger partial charge on any atom is 0.417 e. The molecule has 0 aliphatic rings. The fourth-order valence-electron chi connectivity index (χ4n) is 2.25. The molecule has 27 heavy (non-hydrogen) atoms. The Kier molecular flexibility index (Phi) is 5.10. The monoisotopic (exact) mass is 411 g/mol. The number of nitrogens with zero attached hydrogens (tertiary/aromatic N) is 1. The molecule has 3 aromatic rings. The van der Waals surface area contributed by atoms with Gasteiger partial charge in [0.1, 0.15) is 0 Å². The summed E-state index contributed by atoms with van der Waals surface area (Å²) in [7, 11) is -3.99. The molecule has 0 aliphatic carbocycles. The molecule has 0 spiro atoms. The number of hydrazone groups is 1. The average Bonchev–Trinajstić information content (AvgIpc) is 2.98. The lowest BCUT2D eigenvalue weighted by molar-refractivity contribution is 0.318. The standard InChI is InChI=1S/C16H14ClN3O6S/c1-2-25-14-6-9(5-11(17)15(14)21)8-18-20-27(23,24)10-3-4-12-13(7-10)26-16(22)19-12/h3-8,20-21H,2H2,1H3,(H,19,22)/b18-8+. The van der Waals surface area contributed by atoms with Crippen molar-refractivity contribution in [3.63, 3.8) is 0 Å². The molecular formula is C16H14ClN3O6S. The number of H-pyrrole nitrogens is 1. The van der Waals surface area contributed by atoms with E-state index in [4.69, 9.17) is 20.8 Å². The van der Waals surface area contributed by atoms with Crippen LogP contribution >= 0.6 is 11.6 Å². The van der Waals surface area contributed by atoms with Gasteiger partial charge in [0.15, 0.2) is 17.1 Å². The number of hydrogen-bond donors (Lipinski definition) is 3. The summed E-state index contributed by atoms with van der Waals surface area (Å²) < 4.78 is 34.7. The van der Waals surface area contributed by atoms with Gasteiger partial charge in [0.25, 0.3) is 10.0 Å². The number of aromatic amines is 1. The normalized spacial score (nSPS) is 11.9. The van der Waals surface area contributed by atoms with E-state index in [9.17, 15) is 18.3 Å². The van der Waals surface area contributed by atoms with Gasteiger partial charge in [0.05, 0.1) is 28.3 Å². The molecule has 3 rings (SSSR count). The van der Waals surface area contributed by atoms with E-state index in [1.54, 1.807) is 6.92 Å². The molecule has 0 bridgehead atoms. The second-order valence-electron chi connectivity index (χ2n) is 5.31. The largest absolute Gasteiger partial charge is 0.503 e. The number of oxazole rings is 1. The van der Waals surface area contributed by atoms with Gasteiger partial charge in [0.2, 0.25) is 0 Å². The first-order chi connectivity index (χ1) is 12.8. The smallest absolute Gasteiger partial charge is 0.417 e. The van der Waals surface area contributed by atoms with Crippen LogP contribution in [0.2, 0.25) is 5.02 Å². The number of nitrogens with one attached hydrogen (secondary N) is 2. The number of benzene rings is 2. The third-order valence-corrected chi connectivity index (χ3v) is 4.95. The van der Waals surface area contributed by atoms with Crippen LogP contribution < -0.4 is 15.3 Å². The minimum absolute atomic E-state index is 0.0400. The van der Waals surface area contributed by atoms with Gasteiger partial charge in [-0.15, -0.1) is 0 Å². The van der Waals surface area contributed by atoms with Gasteiger partial charge < -0.3 is 14.3 Å². The first-order valence-corrected chi connectivity index (χ1v) is 9.49. The zero-order chi connectivity index (χ0) is 19.6. The van der Waals surface area contributed by atoms with Crippen LogP contribution in [0.25, 0.3) is 11.1 Å². The second-order valence-corrected chi connectivity index (χ2v) is 7.38. The molecule has 11 heteroatoms. The predicted molar refractivity (Wildman–Crippen MR) is 99.0 cm³/mol. The highest BCUT2D eigenvalue weighted by molar-refractivity contribution is 7.89. The third kappa shape index (κ3) is 4.07. The van der Waals surface area contributed by atoms with Crippen molar-refractivity contribution in [2.24, 2.45) is 5.10 Å². The summed E-state index contributed by atoms with van der Waals surface area (Å²) in [5, 5.41) is 13.5. The topological polar surface area (TPSA) is 134 Å². The first-order valence-electron chi connectivity index (χ1n) is 7.63. The molecule has 0 amide bonds. The molecule has 0 fully saturated rings. The Balaban J connectivity index is 1.82. The lowest BCUT2D eigenvalue weighted by Gasteiger charge is -2.08. The van der Waals surface area contributed by atoms with Crippen molar-refractivity contribution >= 4 is 38.9 Å². The van der Waals surface area contributed by atoms with Crippen LogP contribution in [-0.2, 0) is 10.0 Å². The van der Waals surface area contributed by atoms with Gasteiger partial charge in [0, 0.05) is 6.07 Å². The van der Waals surface area contributed by atoms with Gasteiger partial charge in [-0.05, 0) is 36.8 Å². The first kappa shape index (κ1) is 18.8. The molecule has 1 aromatic heterocycles. The van der Waals surface area contributed by atoms with E-state index in [1.165, 1.54) is 36.5 Å². The highest BCUT2D eigenvalue weighted by atomic mass is 35.5. The molecule has 2 aromatic carbocycles. The van der Waals surface area contributed by atoms with Crippen LogP contribution in [0.3, 0.4) is 0 Å². The Morgan fingerprint density at radius 3 is 2.89 bits per heavy atom. The van der Waals surface area contributed by atoms with E-state index in [2.05, 4.69) is 10.1 Å². The number of ether oxygens (including phenoxy) is 1. The van der Waals surface area contributed by atoms with Crippen LogP contribution in [0, 0.1) is 0 Å². The Bertz CT molecular complexity index is 1180. The van der Waals surface area contributed by atoms with Crippen molar-refractivity contribution < 1.29 is 22.7 Å². The maximum absolute atomic E-state index is 12.3. The van der Waals surface area contributed by atoms with E-state index in [0.717, 1.165) is 0 Å². The molecule has 0 aliphatic heterocycles. The Morgan fingerprint density at radius 2 is 2.15 bits per heavy atom. The van der Waals surface area contributed by atoms with Gasteiger partial charge in [-0.2, -0.15) is 13.5 Å². The number of phenols is 1. The summed E-state index contributed by atoms with van der Waals surface area (Å²) in [6, 6.07) is 6.78. The van der Waals surface area contributed by atoms with Crippen molar-refractivity contribution in [3.8, 4) is 11.5 Å². The summed E-state index contributed by atoms with van der Waals surface area (Å²) in [6.45, 7) is 2.06. The van der Waals surface area contributed by atoms with Crippen molar-refractivity contribution in [1.29, 1.82) is 0 Å². The van der Waals surface area contributed by atoms with Gasteiger partial charge in [-0.1, -0.05) is 11.6 Å². The minimum Gasteiger partial charge on any atom is -0.503 e. The number of halogens is 1. The maximum atomic E-state index is 12.3. The molecule has 0 radical (unpaired) electrons. The molecule has 0 unspecified atom stereocenters. The van der Waals surface area contributed by atoms with Crippen LogP contribution in [0.4, 0.5) is 0 Å². The van der Waals surface area contributed by atoms with Crippen LogP contribution in [0.15, 0.2) is 49.5 Å². The highest BCUT2D eigenvalue weighted by Gasteiger charge is 2.15. The van der Waals surface area contributed by atoms with E-state index in [-0.39, 0.29) is 27.0 Å². The number of aromatic hydroxyl groups is 1. The summed E-state index contributed by atoms with van der Waals surface area (Å²) in [6.07, 6.45) is 1.21. The molecule has 3 N–H and O–H groups in total. The number of sulfonamides is 1. The molecule has 1 heterocycles. The van der Waals surface area contributed by atoms with Crippen LogP contribution in [-0.4, -0.2) is 31.3 Å². The van der Waals surface area contributed by atoms with Crippen molar-refractivity contribution in [3.05, 3.63) is 51.5 Å². The summed E-state index contributed by atoms with van der Waals surface area (Å²) in [5.41, 5.74) is 0.902. The number of phenolic OH excluding ortho intramolecular Hbond substituents is 1. The fourth-order valence-corrected chi connectivity index (χ4v) is 3.28. The number of fused-ring (bicyclic) bond motifs is 1. The average molecular weight is 412 g/mol. The molecule has 0 saturated carbocycles. The van der Waals surface area contributed by atoms with E-state index in [0.29, 0.717) is 17.7 Å².